The van der Waals surface area contributed by atoms with Crippen LogP contribution in [0, 0.1) is 23.7 Å². The van der Waals surface area contributed by atoms with Crippen LogP contribution in [0.5, 0.6) is 11.5 Å². The number of nitrogens with zero attached hydrogens (tertiary/aromatic N) is 2. The van der Waals surface area contributed by atoms with Crippen molar-refractivity contribution >= 4 is 27.7 Å². The number of hydrogen-bond donors (Lipinski definition) is 2. The molecule has 4 aliphatic rings. The van der Waals surface area contributed by atoms with Crippen molar-refractivity contribution in [2.75, 3.05) is 19.7 Å². The minimum absolute atomic E-state index is 0.0618. The molecule has 0 spiro atoms. The fraction of sp³-hybridized carbons (Fsp3) is 0.429. The minimum Gasteiger partial charge on any atom is -0.508 e. The van der Waals surface area contributed by atoms with Crippen molar-refractivity contribution in [3.63, 3.8) is 0 Å². The van der Waals surface area contributed by atoms with Crippen LogP contribution in [-0.4, -0.2) is 63.4 Å². The third-order valence-corrected chi connectivity index (χ3v) is 10.6. The van der Waals surface area contributed by atoms with Gasteiger partial charge < -0.3 is 19.7 Å². The summed E-state index contributed by atoms with van der Waals surface area (Å²) in [5.41, 5.74) is 1.79. The molecule has 2 amide bonds. The Bertz CT molecular complexity index is 1510. The van der Waals surface area contributed by atoms with E-state index in [9.17, 15) is 19.8 Å². The standard InChI is InChI=1S/C35H37BrN2O6/c36-24-11-12-30(39)27(18-24)31-19-29-32-28(17-23(35(29,42)44-31)21-43-26-9-5-2-6-10-26)33(40)38(34(32)41)25-13-15-37(16-14-25)20-22-7-3-1-4-8-22/h1-12,18,23,25,28-29,31-32,39,42H,13-17,19-21H2/t23-,28+,29+,31+,32+,35-/m1/s1. The molecular formula is C35H37BrN2O6. The normalized spacial score (nSPS) is 30.8. The Morgan fingerprint density at radius 1 is 0.932 bits per heavy atom. The largest absolute Gasteiger partial charge is 0.508 e. The summed E-state index contributed by atoms with van der Waals surface area (Å²) in [4.78, 5) is 32.2. The number of benzene rings is 3. The highest BCUT2D eigenvalue weighted by molar-refractivity contribution is 9.10. The van der Waals surface area contributed by atoms with E-state index in [4.69, 9.17) is 9.47 Å². The Labute approximate surface area is 265 Å². The molecule has 7 rings (SSSR count). The smallest absolute Gasteiger partial charge is 0.233 e. The number of aromatic hydroxyl groups is 1. The van der Waals surface area contributed by atoms with Crippen LogP contribution < -0.4 is 4.74 Å². The molecule has 8 nitrogen and oxygen atoms in total. The highest BCUT2D eigenvalue weighted by Gasteiger charge is 2.67. The number of rotatable bonds is 7. The number of para-hydroxylation sites is 1. The van der Waals surface area contributed by atoms with Crippen molar-refractivity contribution in [1.82, 2.24) is 9.80 Å². The minimum atomic E-state index is -1.69. The molecule has 3 saturated heterocycles. The van der Waals surface area contributed by atoms with E-state index in [-0.39, 0.29) is 36.6 Å². The quantitative estimate of drug-likeness (QED) is 0.333. The first-order chi connectivity index (χ1) is 21.3. The first-order valence-corrected chi connectivity index (χ1v) is 16.3. The Hall–Kier alpha value is -3.24. The average Bonchev–Trinajstić information content (AvgIpc) is 3.51. The number of imide groups is 1. The predicted octanol–water partition coefficient (Wildman–Crippen LogP) is 5.29. The highest BCUT2D eigenvalue weighted by Crippen LogP contribution is 2.59. The van der Waals surface area contributed by atoms with Gasteiger partial charge in [0.15, 0.2) is 5.79 Å². The summed E-state index contributed by atoms with van der Waals surface area (Å²) in [6.07, 6.45) is 1.41. The number of halogens is 1. The van der Waals surface area contributed by atoms with Gasteiger partial charge in [-0.2, -0.15) is 0 Å². The highest BCUT2D eigenvalue weighted by atomic mass is 79.9. The van der Waals surface area contributed by atoms with Gasteiger partial charge in [-0.25, -0.2) is 0 Å². The van der Waals surface area contributed by atoms with E-state index in [1.165, 1.54) is 10.5 Å². The van der Waals surface area contributed by atoms with E-state index in [2.05, 4.69) is 33.0 Å². The summed E-state index contributed by atoms with van der Waals surface area (Å²) in [5.74, 6) is -3.69. The van der Waals surface area contributed by atoms with Crippen molar-refractivity contribution in [2.45, 2.75) is 50.2 Å². The van der Waals surface area contributed by atoms with E-state index < -0.39 is 35.6 Å². The van der Waals surface area contributed by atoms with E-state index in [0.717, 1.165) is 36.9 Å². The van der Waals surface area contributed by atoms with Crippen LogP contribution in [-0.2, 0) is 20.9 Å². The fourth-order valence-electron chi connectivity index (χ4n) is 7.93. The number of aliphatic hydroxyl groups is 1. The first kappa shape index (κ1) is 29.5. The molecule has 9 heteroatoms. The molecule has 1 saturated carbocycles. The van der Waals surface area contributed by atoms with E-state index in [0.29, 0.717) is 17.7 Å². The van der Waals surface area contributed by atoms with E-state index in [1.807, 2.05) is 48.5 Å². The fourth-order valence-corrected chi connectivity index (χ4v) is 8.31. The van der Waals surface area contributed by atoms with Crippen molar-refractivity contribution in [3.05, 3.63) is 94.5 Å². The number of piperidine rings is 1. The third-order valence-electron chi connectivity index (χ3n) is 10.1. The molecule has 6 atom stereocenters. The molecule has 0 aromatic heterocycles. The molecule has 44 heavy (non-hydrogen) atoms. The molecule has 2 N–H and O–H groups in total. The maximum Gasteiger partial charge on any atom is 0.233 e. The van der Waals surface area contributed by atoms with Crippen molar-refractivity contribution in [3.8, 4) is 11.5 Å². The summed E-state index contributed by atoms with van der Waals surface area (Å²) >= 11 is 3.48. The molecule has 4 fully saturated rings. The maximum atomic E-state index is 14.2. The molecule has 0 unspecified atom stereocenters. The summed E-state index contributed by atoms with van der Waals surface area (Å²) in [6, 6.07) is 24.6. The maximum absolute atomic E-state index is 14.2. The van der Waals surface area contributed by atoms with Gasteiger partial charge in [-0.15, -0.1) is 0 Å². The van der Waals surface area contributed by atoms with Gasteiger partial charge in [0.25, 0.3) is 0 Å². The number of fused-ring (bicyclic) bond motifs is 3. The van der Waals surface area contributed by atoms with Gasteiger partial charge in [-0.3, -0.25) is 19.4 Å². The van der Waals surface area contributed by atoms with Gasteiger partial charge in [0.2, 0.25) is 11.8 Å². The summed E-state index contributed by atoms with van der Waals surface area (Å²) in [5, 5.41) is 23.0. The Morgan fingerprint density at radius 2 is 1.64 bits per heavy atom. The van der Waals surface area contributed by atoms with Gasteiger partial charge in [0.05, 0.1) is 24.5 Å². The number of carbonyl (C=O) groups excluding carboxylic acids is 2. The molecule has 0 radical (unpaired) electrons. The molecule has 230 valence electrons. The van der Waals surface area contributed by atoms with Crippen molar-refractivity contribution < 1.29 is 29.3 Å². The lowest BCUT2D eigenvalue weighted by molar-refractivity contribution is -0.272. The van der Waals surface area contributed by atoms with Gasteiger partial charge in [-0.05, 0) is 61.6 Å². The zero-order valence-corrected chi connectivity index (χ0v) is 26.0. The number of amides is 2. The van der Waals surface area contributed by atoms with Crippen LogP contribution in [0.25, 0.3) is 0 Å². The molecule has 3 heterocycles. The van der Waals surface area contributed by atoms with Crippen molar-refractivity contribution in [2.24, 2.45) is 23.7 Å². The Morgan fingerprint density at radius 3 is 2.36 bits per heavy atom. The SMILES string of the molecule is O=C1[C@H]2[C@H](C[C@H](COc3ccccc3)[C@@]3(O)O[C@H](c4cc(Br)ccc4O)C[C@@H]23)C(=O)N1C1CCN(Cc2ccccc2)CC1. The molecule has 3 aliphatic heterocycles. The van der Waals surface area contributed by atoms with Crippen LogP contribution in [0.15, 0.2) is 83.3 Å². The van der Waals surface area contributed by atoms with Gasteiger partial charge in [0.1, 0.15) is 11.5 Å². The van der Waals surface area contributed by atoms with E-state index >= 15 is 0 Å². The second kappa shape index (κ2) is 11.9. The number of hydrogen-bond acceptors (Lipinski definition) is 7. The van der Waals surface area contributed by atoms with Crippen molar-refractivity contribution in [1.29, 1.82) is 0 Å². The van der Waals surface area contributed by atoms with Crippen LogP contribution in [0.4, 0.5) is 0 Å². The summed E-state index contributed by atoms with van der Waals surface area (Å²) < 4.78 is 13.3. The van der Waals surface area contributed by atoms with E-state index in [1.54, 1.807) is 18.2 Å². The number of phenols is 1. The van der Waals surface area contributed by atoms with Crippen LogP contribution in [0.1, 0.15) is 42.9 Å². The number of carbonyl (C=O) groups is 2. The lowest BCUT2D eigenvalue weighted by atomic mass is 9.64. The molecule has 0 bridgehead atoms. The monoisotopic (exact) mass is 660 g/mol. The second-order valence-electron chi connectivity index (χ2n) is 12.6. The van der Waals surface area contributed by atoms with Gasteiger partial charge in [0, 0.05) is 47.5 Å². The summed E-state index contributed by atoms with van der Waals surface area (Å²) in [7, 11) is 0. The number of ether oxygens (including phenoxy) is 2. The number of likely N-dealkylation sites (tertiary alicyclic amines) is 2. The molecule has 1 aliphatic carbocycles. The first-order valence-electron chi connectivity index (χ1n) is 15.5. The topological polar surface area (TPSA) is 99.5 Å². The lowest BCUT2D eigenvalue weighted by Gasteiger charge is -2.44. The zero-order chi connectivity index (χ0) is 30.4. The van der Waals surface area contributed by atoms with Gasteiger partial charge >= 0.3 is 0 Å². The number of phenolic OH excluding ortho intramolecular Hbond substituents is 1. The third kappa shape index (κ3) is 5.34. The lowest BCUT2D eigenvalue weighted by Crippen LogP contribution is -2.55. The summed E-state index contributed by atoms with van der Waals surface area (Å²) in [6.45, 7) is 2.59. The zero-order valence-electron chi connectivity index (χ0n) is 24.4. The molecular weight excluding hydrogens is 624 g/mol. The molecule has 3 aromatic carbocycles. The molecule has 3 aromatic rings. The van der Waals surface area contributed by atoms with Crippen LogP contribution in [0.2, 0.25) is 0 Å². The predicted molar refractivity (Wildman–Crippen MR) is 166 cm³/mol. The van der Waals surface area contributed by atoms with Crippen LogP contribution in [0.3, 0.4) is 0 Å². The average molecular weight is 662 g/mol. The second-order valence-corrected chi connectivity index (χ2v) is 13.5. The Kier molecular flexibility index (Phi) is 7.99. The van der Waals surface area contributed by atoms with Crippen LogP contribution >= 0.6 is 15.9 Å². The Balaban J connectivity index is 1.13. The van der Waals surface area contributed by atoms with Gasteiger partial charge in [-0.1, -0.05) is 64.5 Å².